The molecular weight excluding hydrogens is 639 g/mol. The fraction of sp³-hybridized carbons (Fsp3) is 0.714. The minimum atomic E-state index is -4.56. The van der Waals surface area contributed by atoms with Crippen LogP contribution in [0.25, 0.3) is 0 Å². The van der Waals surface area contributed by atoms with E-state index in [-0.39, 0.29) is 40.1 Å². The molecule has 1 amide bonds. The van der Waals surface area contributed by atoms with Gasteiger partial charge in [0, 0.05) is 33.9 Å². The van der Waals surface area contributed by atoms with E-state index >= 15 is 0 Å². The first kappa shape index (κ1) is 32.1. The maximum absolute atomic E-state index is 14.8. The molecule has 12 rings (SSSR count). The van der Waals surface area contributed by atoms with E-state index in [9.17, 15) is 27.9 Å². The lowest BCUT2D eigenvalue weighted by Crippen LogP contribution is -2.67. The fourth-order valence-corrected chi connectivity index (χ4v) is 15.4. The highest BCUT2D eigenvalue weighted by atomic mass is 19.4. The molecule has 8 fully saturated rings. The monoisotopic (exact) mass is 689 g/mol. The van der Waals surface area contributed by atoms with Gasteiger partial charge in [0.05, 0.1) is 18.2 Å². The zero-order chi connectivity index (χ0) is 34.7. The Bertz CT molecular complexity index is 1710. The summed E-state index contributed by atoms with van der Waals surface area (Å²) in [6.45, 7) is 5.99. The highest BCUT2D eigenvalue weighted by molar-refractivity contribution is 6.10. The number of aliphatic hydroxyl groups excluding tert-OH is 1. The zero-order valence-electron chi connectivity index (χ0n) is 29.4. The van der Waals surface area contributed by atoms with Gasteiger partial charge in [0.15, 0.2) is 5.78 Å². The Morgan fingerprint density at radius 3 is 2.28 bits per heavy atom. The van der Waals surface area contributed by atoms with Crippen LogP contribution in [-0.2, 0) is 10.9 Å². The van der Waals surface area contributed by atoms with E-state index in [4.69, 9.17) is 4.74 Å². The number of ether oxygens (including phenoxy) is 1. The Balaban J connectivity index is 1.04. The van der Waals surface area contributed by atoms with Crippen molar-refractivity contribution in [2.45, 2.75) is 115 Å². The van der Waals surface area contributed by atoms with Crippen molar-refractivity contribution in [2.75, 3.05) is 13.1 Å². The number of carbonyl (C=O) groups is 2. The van der Waals surface area contributed by atoms with Crippen LogP contribution in [0.15, 0.2) is 48.1 Å². The predicted molar refractivity (Wildman–Crippen MR) is 181 cm³/mol. The molecule has 1 aliphatic heterocycles. The van der Waals surface area contributed by atoms with Gasteiger partial charge in [0.25, 0.3) is 0 Å². The van der Waals surface area contributed by atoms with Crippen LogP contribution in [0.5, 0.6) is 0 Å². The second kappa shape index (κ2) is 9.87. The number of fused-ring (bicyclic) bond motifs is 2. The molecule has 0 unspecified atom stereocenters. The number of rotatable bonds is 4. The molecule has 1 aromatic carbocycles. The summed E-state index contributed by atoms with van der Waals surface area (Å²) >= 11 is 0. The molecule has 8 heteroatoms. The van der Waals surface area contributed by atoms with Gasteiger partial charge in [-0.25, -0.2) is 4.79 Å². The van der Waals surface area contributed by atoms with Crippen LogP contribution in [0.2, 0.25) is 0 Å². The van der Waals surface area contributed by atoms with E-state index < -0.39 is 39.7 Å². The van der Waals surface area contributed by atoms with Crippen molar-refractivity contribution in [2.24, 2.45) is 56.7 Å². The molecule has 0 radical (unpaired) electrons. The highest BCUT2D eigenvalue weighted by Crippen LogP contribution is 2.79. The maximum atomic E-state index is 14.8. The van der Waals surface area contributed by atoms with Gasteiger partial charge in [0.1, 0.15) is 5.60 Å². The van der Waals surface area contributed by atoms with Gasteiger partial charge in [-0.1, -0.05) is 44.2 Å². The summed E-state index contributed by atoms with van der Waals surface area (Å²) in [4.78, 5) is 30.8. The number of amides is 1. The topological polar surface area (TPSA) is 66.8 Å². The average molecular weight is 690 g/mol. The number of aliphatic hydroxyl groups is 1. The van der Waals surface area contributed by atoms with Gasteiger partial charge >= 0.3 is 12.3 Å². The first-order chi connectivity index (χ1) is 23.6. The van der Waals surface area contributed by atoms with Gasteiger partial charge in [-0.2, -0.15) is 13.2 Å². The third-order valence-electron chi connectivity index (χ3n) is 17.1. The largest absolute Gasteiger partial charge is 0.440 e. The Hall–Kier alpha value is -2.61. The first-order valence-electron chi connectivity index (χ1n) is 19.5. The zero-order valence-corrected chi connectivity index (χ0v) is 29.4. The van der Waals surface area contributed by atoms with Gasteiger partial charge < -0.3 is 14.7 Å². The summed E-state index contributed by atoms with van der Waals surface area (Å²) in [5.41, 5.74) is -2.46. The minimum absolute atomic E-state index is 0.0136. The lowest BCUT2D eigenvalue weighted by molar-refractivity contribution is -0.164. The molecule has 5 nitrogen and oxygen atoms in total. The second-order valence-electron chi connectivity index (χ2n) is 19.3. The molecule has 3 spiro atoms. The van der Waals surface area contributed by atoms with E-state index in [2.05, 4.69) is 37.0 Å². The number of alkyl halides is 3. The van der Waals surface area contributed by atoms with Crippen molar-refractivity contribution in [1.29, 1.82) is 0 Å². The van der Waals surface area contributed by atoms with Crippen LogP contribution in [0.4, 0.5) is 18.0 Å². The molecule has 10 aliphatic carbocycles. The number of allylic oxidation sites excluding steroid dienone is 4. The van der Waals surface area contributed by atoms with E-state index in [1.807, 2.05) is 0 Å². The van der Waals surface area contributed by atoms with Crippen LogP contribution in [0.1, 0.15) is 113 Å². The van der Waals surface area contributed by atoms with Crippen LogP contribution < -0.4 is 0 Å². The number of halogens is 3. The lowest BCUT2D eigenvalue weighted by Gasteiger charge is -2.71. The summed E-state index contributed by atoms with van der Waals surface area (Å²) in [6.07, 6.45) is 14.4. The number of hydrogen-bond acceptors (Lipinski definition) is 4. The van der Waals surface area contributed by atoms with Gasteiger partial charge in [-0.15, -0.1) is 0 Å². The quantitative estimate of drug-likeness (QED) is 0.253. The number of nitrogens with zero attached hydrogens (tertiary/aromatic N) is 1. The molecule has 0 aromatic heterocycles. The molecule has 11 aliphatic rings. The minimum Gasteiger partial charge on any atom is -0.440 e. The standard InChI is InChI=1S/C42H50F3NO4/c1-36-9-6-30(47)21-39(36)12-13-41(31(22-39)34(48)28-4-3-5-29(17-28)42(43,44)45)32(36)7-10-37(2)33(41)8-11-40(37)24-46(35(49)50-40)23-38-18-25-14-26(19-38)16-27(15-25)20-38/h3-5,12-13,17,22,25-27,30,32-33,47H,6-11,14-16,18-21,23-24H2,1-2H3/t25?,26?,27?,30-,32+,33+,36+,37-,38?,39-,40+,41-/m0/s1. The van der Waals surface area contributed by atoms with E-state index in [0.29, 0.717) is 25.0 Å². The Labute approximate surface area is 293 Å². The van der Waals surface area contributed by atoms with Crippen LogP contribution >= 0.6 is 0 Å². The van der Waals surface area contributed by atoms with Crippen LogP contribution in [0.3, 0.4) is 0 Å². The number of Topliss-reactive ketones (excluding diaryl/α,β-unsaturated/α-hetero) is 1. The van der Waals surface area contributed by atoms with Crippen molar-refractivity contribution >= 4 is 11.9 Å². The van der Waals surface area contributed by atoms with Crippen molar-refractivity contribution in [1.82, 2.24) is 4.90 Å². The molecule has 1 saturated heterocycles. The predicted octanol–water partition coefficient (Wildman–Crippen LogP) is 9.16. The van der Waals surface area contributed by atoms with Gasteiger partial charge in [-0.05, 0) is 136 Å². The summed E-state index contributed by atoms with van der Waals surface area (Å²) in [6, 6.07) is 4.88. The third-order valence-corrected chi connectivity index (χ3v) is 17.1. The Kier molecular flexibility index (Phi) is 6.33. The Morgan fingerprint density at radius 2 is 1.58 bits per heavy atom. The van der Waals surface area contributed by atoms with Crippen molar-refractivity contribution in [3.63, 3.8) is 0 Å². The smallest absolute Gasteiger partial charge is 0.416 e. The van der Waals surface area contributed by atoms with E-state index in [0.717, 1.165) is 68.5 Å². The second-order valence-corrected chi connectivity index (χ2v) is 19.3. The fourth-order valence-electron chi connectivity index (χ4n) is 15.4. The number of benzene rings is 1. The summed E-state index contributed by atoms with van der Waals surface area (Å²) in [5, 5.41) is 11.0. The first-order valence-corrected chi connectivity index (χ1v) is 19.5. The number of carbonyl (C=O) groups excluding carboxylic acids is 2. The Morgan fingerprint density at radius 1 is 0.920 bits per heavy atom. The highest BCUT2D eigenvalue weighted by Gasteiger charge is 2.76. The van der Waals surface area contributed by atoms with E-state index in [1.165, 1.54) is 50.7 Å². The van der Waals surface area contributed by atoms with Gasteiger partial charge in [-0.3, -0.25) is 4.79 Å². The molecule has 7 saturated carbocycles. The molecule has 268 valence electrons. The molecule has 1 aromatic rings. The van der Waals surface area contributed by atoms with Crippen molar-refractivity contribution in [3.8, 4) is 0 Å². The van der Waals surface area contributed by atoms with Crippen LogP contribution in [0, 0.1) is 56.7 Å². The van der Waals surface area contributed by atoms with Crippen LogP contribution in [-0.4, -0.2) is 46.7 Å². The van der Waals surface area contributed by atoms with E-state index in [1.54, 1.807) is 0 Å². The lowest BCUT2D eigenvalue weighted by atomic mass is 9.32. The average Bonchev–Trinajstić information content (AvgIpc) is 3.53. The molecule has 8 atom stereocenters. The summed E-state index contributed by atoms with van der Waals surface area (Å²) in [5.74, 6) is 2.14. The molecular formula is C42H50F3NO4. The molecule has 6 bridgehead atoms. The summed E-state index contributed by atoms with van der Waals surface area (Å²) < 4.78 is 48.3. The summed E-state index contributed by atoms with van der Waals surface area (Å²) in [7, 11) is 0. The maximum Gasteiger partial charge on any atom is 0.416 e. The molecule has 1 N–H and O–H groups in total. The molecule has 50 heavy (non-hydrogen) atoms. The van der Waals surface area contributed by atoms with Gasteiger partial charge in [0.2, 0.25) is 0 Å². The number of hydrogen-bond donors (Lipinski definition) is 1. The molecule has 1 heterocycles. The SMILES string of the molecule is C[C@]12CC[C@H]3[C@@]4(C=C[C@@]5(C=C4C(=O)c4cccc(C(F)(F)F)c4)C[C@@H](O)CC[C@]35C)[C@@H]1CC[C@@]21CN(CC23CC4CC(CC(C4)C2)C3)C(=O)O1. The number of ketones is 1. The third kappa shape index (κ3) is 3.95. The van der Waals surface area contributed by atoms with Crippen molar-refractivity contribution in [3.05, 3.63) is 59.2 Å². The van der Waals surface area contributed by atoms with Crippen molar-refractivity contribution < 1.29 is 32.6 Å². The normalized spacial score (nSPS) is 49.5.